The molecule has 6 heteroatoms. The number of carbonyl (C=O) groups is 1. The largest absolute Gasteiger partial charge is 0.481 e. The quantitative estimate of drug-likeness (QED) is 0.930. The molecule has 2 aromatic rings. The van der Waals surface area contributed by atoms with Gasteiger partial charge in [0.15, 0.2) is 0 Å². The van der Waals surface area contributed by atoms with E-state index >= 15 is 4.39 Å². The molecule has 5 nitrogen and oxygen atoms in total. The number of imidazole rings is 1. The summed E-state index contributed by atoms with van der Waals surface area (Å²) >= 11 is 0. The van der Waals surface area contributed by atoms with Crippen LogP contribution in [0, 0.1) is 5.92 Å². The van der Waals surface area contributed by atoms with Crippen LogP contribution in [0.25, 0.3) is 11.3 Å². The van der Waals surface area contributed by atoms with Crippen LogP contribution >= 0.6 is 0 Å². The van der Waals surface area contributed by atoms with Gasteiger partial charge >= 0.3 is 5.97 Å². The zero-order valence-electron chi connectivity index (χ0n) is 13.4. The summed E-state index contributed by atoms with van der Waals surface area (Å²) in [6.07, 6.45) is 8.00. The van der Waals surface area contributed by atoms with Crippen molar-refractivity contribution in [2.75, 3.05) is 0 Å². The van der Waals surface area contributed by atoms with E-state index in [0.29, 0.717) is 38.5 Å². The van der Waals surface area contributed by atoms with Crippen molar-refractivity contribution in [1.29, 1.82) is 0 Å². The summed E-state index contributed by atoms with van der Waals surface area (Å²) in [5.41, 5.74) is 1.83. The summed E-state index contributed by atoms with van der Waals surface area (Å²) < 4.78 is 17.2. The second-order valence-corrected chi connectivity index (χ2v) is 6.94. The lowest BCUT2D eigenvalue weighted by Crippen LogP contribution is -2.32. The monoisotopic (exact) mass is 329 g/mol. The molecule has 3 heterocycles. The number of rotatable bonds is 4. The van der Waals surface area contributed by atoms with E-state index in [2.05, 4.69) is 14.5 Å². The Labute approximate surface area is 139 Å². The Bertz CT molecular complexity index is 765. The molecule has 1 atom stereocenters. The zero-order chi connectivity index (χ0) is 16.7. The molecule has 1 fully saturated rings. The summed E-state index contributed by atoms with van der Waals surface area (Å²) in [6.45, 7) is 0. The molecule has 2 aliphatic rings. The Balaban J connectivity index is 1.48. The lowest BCUT2D eigenvalue weighted by Gasteiger charge is -2.33. The Morgan fingerprint density at radius 1 is 1.42 bits per heavy atom. The molecule has 0 bridgehead atoms. The average molecular weight is 329 g/mol. The third-order valence-electron chi connectivity index (χ3n) is 5.53. The van der Waals surface area contributed by atoms with Gasteiger partial charge in [-0.05, 0) is 50.7 Å². The van der Waals surface area contributed by atoms with Crippen LogP contribution in [0.1, 0.15) is 50.3 Å². The minimum Gasteiger partial charge on any atom is -0.481 e. The smallest absolute Gasteiger partial charge is 0.306 e. The fraction of sp³-hybridized carbons (Fsp3) is 0.500. The van der Waals surface area contributed by atoms with Crippen LogP contribution in [0.5, 0.6) is 0 Å². The summed E-state index contributed by atoms with van der Waals surface area (Å²) in [7, 11) is 0. The number of fused-ring (bicyclic) bond motifs is 3. The predicted octanol–water partition coefficient (Wildman–Crippen LogP) is 3.61. The lowest BCUT2D eigenvalue weighted by atomic mass is 9.77. The summed E-state index contributed by atoms with van der Waals surface area (Å²) in [6, 6.07) is 3.95. The van der Waals surface area contributed by atoms with Crippen LogP contribution in [0.15, 0.2) is 30.9 Å². The lowest BCUT2D eigenvalue weighted by molar-refractivity contribution is -0.143. The van der Waals surface area contributed by atoms with E-state index < -0.39 is 11.6 Å². The van der Waals surface area contributed by atoms with Gasteiger partial charge in [0.2, 0.25) is 0 Å². The number of nitrogens with zero attached hydrogens (tertiary/aromatic N) is 3. The van der Waals surface area contributed by atoms with Gasteiger partial charge in [0.05, 0.1) is 35.9 Å². The van der Waals surface area contributed by atoms with Crippen molar-refractivity contribution in [1.82, 2.24) is 14.5 Å². The number of aromatic nitrogens is 3. The van der Waals surface area contributed by atoms with Gasteiger partial charge < -0.3 is 9.67 Å². The van der Waals surface area contributed by atoms with Gasteiger partial charge in [-0.3, -0.25) is 9.78 Å². The Morgan fingerprint density at radius 2 is 2.21 bits per heavy atom. The van der Waals surface area contributed by atoms with E-state index in [0.717, 1.165) is 17.0 Å². The number of hydrogen-bond acceptors (Lipinski definition) is 3. The normalized spacial score (nSPS) is 28.4. The second kappa shape index (κ2) is 5.69. The Morgan fingerprint density at radius 3 is 2.96 bits per heavy atom. The molecule has 126 valence electrons. The number of carboxylic acid groups (broad SMARTS) is 1. The summed E-state index contributed by atoms with van der Waals surface area (Å²) in [4.78, 5) is 19.7. The molecule has 4 rings (SSSR count). The Kier molecular flexibility index (Phi) is 3.62. The van der Waals surface area contributed by atoms with Crippen LogP contribution in [-0.4, -0.2) is 31.3 Å². The minimum absolute atomic E-state index is 0.0172. The minimum atomic E-state index is -1.26. The molecule has 0 spiro atoms. The number of hydrogen-bond donors (Lipinski definition) is 1. The van der Waals surface area contributed by atoms with E-state index in [4.69, 9.17) is 5.11 Å². The maximum absolute atomic E-state index is 15.1. The zero-order valence-corrected chi connectivity index (χ0v) is 13.4. The standard InChI is InChI=1S/C18H20FN3O2/c19-18(6-3-12(4-7-18)17(23)24)8-5-14-16-13(2-1-9-21-16)15-10-20-11-22(14)15/h1-2,9-12,14H,3-8H2,(H,23,24). The van der Waals surface area contributed by atoms with Crippen molar-refractivity contribution in [3.05, 3.63) is 36.5 Å². The number of alkyl halides is 1. The van der Waals surface area contributed by atoms with Gasteiger partial charge in [-0.2, -0.15) is 0 Å². The van der Waals surface area contributed by atoms with Crippen LogP contribution in [0.4, 0.5) is 4.39 Å². The first-order chi connectivity index (χ1) is 11.6. The van der Waals surface area contributed by atoms with Crippen LogP contribution in [-0.2, 0) is 4.79 Å². The average Bonchev–Trinajstić information content (AvgIpc) is 3.15. The molecular formula is C18H20FN3O2. The molecule has 1 saturated carbocycles. The van der Waals surface area contributed by atoms with E-state index in [1.807, 2.05) is 18.3 Å². The Hall–Kier alpha value is -2.24. The molecule has 0 radical (unpaired) electrons. The van der Waals surface area contributed by atoms with Gasteiger partial charge in [-0.1, -0.05) is 0 Å². The molecule has 1 unspecified atom stereocenters. The van der Waals surface area contributed by atoms with E-state index in [-0.39, 0.29) is 12.0 Å². The van der Waals surface area contributed by atoms with E-state index in [1.165, 1.54) is 0 Å². The van der Waals surface area contributed by atoms with Crippen molar-refractivity contribution in [3.8, 4) is 11.3 Å². The molecule has 1 aliphatic carbocycles. The highest BCUT2D eigenvalue weighted by atomic mass is 19.1. The van der Waals surface area contributed by atoms with Gasteiger partial charge in [-0.25, -0.2) is 9.37 Å². The number of carboxylic acids is 1. The molecule has 1 N–H and O–H groups in total. The molecule has 0 aromatic carbocycles. The molecule has 24 heavy (non-hydrogen) atoms. The van der Waals surface area contributed by atoms with Crippen LogP contribution in [0.3, 0.4) is 0 Å². The van der Waals surface area contributed by atoms with Crippen molar-refractivity contribution in [2.24, 2.45) is 5.92 Å². The maximum Gasteiger partial charge on any atom is 0.306 e. The third-order valence-corrected chi connectivity index (χ3v) is 5.53. The van der Waals surface area contributed by atoms with Crippen molar-refractivity contribution in [3.63, 3.8) is 0 Å². The van der Waals surface area contributed by atoms with Gasteiger partial charge in [0.1, 0.15) is 5.67 Å². The van der Waals surface area contributed by atoms with E-state index in [1.54, 1.807) is 12.5 Å². The number of halogens is 1. The highest BCUT2D eigenvalue weighted by molar-refractivity contribution is 5.70. The van der Waals surface area contributed by atoms with Crippen molar-refractivity contribution >= 4 is 5.97 Å². The first kappa shape index (κ1) is 15.3. The molecule has 1 aliphatic heterocycles. The van der Waals surface area contributed by atoms with Crippen molar-refractivity contribution < 1.29 is 14.3 Å². The fourth-order valence-electron chi connectivity index (χ4n) is 4.10. The van der Waals surface area contributed by atoms with Crippen LogP contribution < -0.4 is 0 Å². The highest BCUT2D eigenvalue weighted by Gasteiger charge is 2.39. The third kappa shape index (κ3) is 2.50. The predicted molar refractivity (Wildman–Crippen MR) is 86.3 cm³/mol. The second-order valence-electron chi connectivity index (χ2n) is 6.94. The number of pyridine rings is 1. The number of aliphatic carboxylic acids is 1. The summed E-state index contributed by atoms with van der Waals surface area (Å²) in [5.74, 6) is -1.18. The maximum atomic E-state index is 15.1. The molecule has 2 aromatic heterocycles. The van der Waals surface area contributed by atoms with Gasteiger partial charge in [0, 0.05) is 11.8 Å². The molecule has 0 saturated heterocycles. The SMILES string of the molecule is O=C(O)C1CCC(F)(CCC2c3ncccc3-c3cncn32)CC1. The first-order valence-corrected chi connectivity index (χ1v) is 8.46. The van der Waals surface area contributed by atoms with Gasteiger partial charge in [-0.15, -0.1) is 0 Å². The van der Waals surface area contributed by atoms with Crippen LogP contribution in [0.2, 0.25) is 0 Å². The fourth-order valence-corrected chi connectivity index (χ4v) is 4.10. The first-order valence-electron chi connectivity index (χ1n) is 8.46. The van der Waals surface area contributed by atoms with E-state index in [9.17, 15) is 4.79 Å². The summed E-state index contributed by atoms with van der Waals surface area (Å²) in [5, 5.41) is 9.06. The molecular weight excluding hydrogens is 309 g/mol. The van der Waals surface area contributed by atoms with Crippen molar-refractivity contribution in [2.45, 2.75) is 50.2 Å². The van der Waals surface area contributed by atoms with Gasteiger partial charge in [0.25, 0.3) is 0 Å². The topological polar surface area (TPSA) is 68.0 Å². The highest BCUT2D eigenvalue weighted by Crippen LogP contribution is 2.44. The molecule has 0 amide bonds.